The van der Waals surface area contributed by atoms with Crippen LogP contribution in [0.15, 0.2) is 44.9 Å². The first-order valence-corrected chi connectivity index (χ1v) is 11.2. The van der Waals surface area contributed by atoms with Crippen molar-refractivity contribution in [3.8, 4) is 0 Å². The van der Waals surface area contributed by atoms with E-state index >= 15 is 0 Å². The molecule has 9 heteroatoms. The van der Waals surface area contributed by atoms with Gasteiger partial charge >= 0.3 is 0 Å². The zero-order valence-electron chi connectivity index (χ0n) is 16.8. The highest BCUT2D eigenvalue weighted by molar-refractivity contribution is 9.10. The average molecular weight is 478 g/mol. The van der Waals surface area contributed by atoms with Gasteiger partial charge in [-0.1, -0.05) is 41.5 Å². The Bertz CT molecular complexity index is 1090. The monoisotopic (exact) mass is 477 g/mol. The third-order valence-electron chi connectivity index (χ3n) is 4.19. The Labute approximate surface area is 182 Å². The standard InChI is InChI=1S/C20H24BrN5O2S/c1-12(2)10-25-19(28)15-9-14(21)5-6-16(15)23-20(25)29-11-18(27)24-17-7-8-22-26(17)13(3)4/h5-9,12-13H,10-11H2,1-4H3,(H,24,27). The largest absolute Gasteiger partial charge is 0.310 e. The third-order valence-corrected chi connectivity index (χ3v) is 5.66. The fourth-order valence-corrected chi connectivity index (χ4v) is 4.11. The number of anilines is 1. The summed E-state index contributed by atoms with van der Waals surface area (Å²) < 4.78 is 4.25. The van der Waals surface area contributed by atoms with Gasteiger partial charge in [-0.2, -0.15) is 5.10 Å². The highest BCUT2D eigenvalue weighted by Crippen LogP contribution is 2.22. The van der Waals surface area contributed by atoms with Crippen molar-refractivity contribution in [2.24, 2.45) is 5.92 Å². The molecule has 0 aliphatic carbocycles. The molecule has 0 atom stereocenters. The smallest absolute Gasteiger partial charge is 0.262 e. The SMILES string of the molecule is CC(C)Cn1c(SCC(=O)Nc2ccnn2C(C)C)nc2ccc(Br)cc2c1=O. The van der Waals surface area contributed by atoms with Gasteiger partial charge in [0.05, 0.1) is 22.9 Å². The summed E-state index contributed by atoms with van der Waals surface area (Å²) in [5.41, 5.74) is 0.532. The minimum absolute atomic E-state index is 0.0919. The van der Waals surface area contributed by atoms with E-state index in [1.54, 1.807) is 27.6 Å². The van der Waals surface area contributed by atoms with E-state index in [1.165, 1.54) is 11.8 Å². The van der Waals surface area contributed by atoms with Crippen LogP contribution < -0.4 is 10.9 Å². The van der Waals surface area contributed by atoms with Crippen LogP contribution in [0.25, 0.3) is 10.9 Å². The number of amides is 1. The predicted molar refractivity (Wildman–Crippen MR) is 121 cm³/mol. The predicted octanol–water partition coefficient (Wildman–Crippen LogP) is 4.32. The fourth-order valence-electron chi connectivity index (χ4n) is 2.94. The number of fused-ring (bicyclic) bond motifs is 1. The molecule has 29 heavy (non-hydrogen) atoms. The molecule has 3 rings (SSSR count). The minimum Gasteiger partial charge on any atom is -0.310 e. The number of rotatable bonds is 7. The van der Waals surface area contributed by atoms with Crippen molar-refractivity contribution < 1.29 is 4.79 Å². The van der Waals surface area contributed by atoms with Gasteiger partial charge in [-0.05, 0) is 38.0 Å². The summed E-state index contributed by atoms with van der Waals surface area (Å²) in [4.78, 5) is 30.2. The lowest BCUT2D eigenvalue weighted by Gasteiger charge is -2.15. The van der Waals surface area contributed by atoms with Crippen molar-refractivity contribution in [3.63, 3.8) is 0 Å². The lowest BCUT2D eigenvalue weighted by atomic mass is 10.2. The summed E-state index contributed by atoms with van der Waals surface area (Å²) >= 11 is 4.68. The van der Waals surface area contributed by atoms with Gasteiger partial charge in [-0.25, -0.2) is 9.67 Å². The number of carbonyl (C=O) groups excluding carboxylic acids is 1. The van der Waals surface area contributed by atoms with Crippen LogP contribution in [-0.4, -0.2) is 31.0 Å². The molecule has 3 aromatic rings. The number of nitrogens with zero attached hydrogens (tertiary/aromatic N) is 4. The number of nitrogens with one attached hydrogen (secondary N) is 1. The second-order valence-electron chi connectivity index (χ2n) is 7.46. The summed E-state index contributed by atoms with van der Waals surface area (Å²) in [5.74, 6) is 0.906. The summed E-state index contributed by atoms with van der Waals surface area (Å²) in [6, 6.07) is 7.37. The number of hydrogen-bond donors (Lipinski definition) is 1. The number of thioether (sulfide) groups is 1. The molecule has 1 amide bonds. The van der Waals surface area contributed by atoms with Crippen molar-refractivity contribution >= 4 is 50.3 Å². The van der Waals surface area contributed by atoms with E-state index in [4.69, 9.17) is 0 Å². The molecule has 0 saturated heterocycles. The lowest BCUT2D eigenvalue weighted by Crippen LogP contribution is -2.26. The van der Waals surface area contributed by atoms with Crippen LogP contribution in [0.4, 0.5) is 5.82 Å². The van der Waals surface area contributed by atoms with Crippen LogP contribution in [0.2, 0.25) is 0 Å². The van der Waals surface area contributed by atoms with E-state index in [2.05, 4.69) is 31.3 Å². The van der Waals surface area contributed by atoms with E-state index in [1.807, 2.05) is 39.8 Å². The highest BCUT2D eigenvalue weighted by Gasteiger charge is 2.16. The second kappa shape index (κ2) is 9.13. The van der Waals surface area contributed by atoms with Crippen molar-refractivity contribution in [2.75, 3.05) is 11.1 Å². The molecule has 0 unspecified atom stereocenters. The van der Waals surface area contributed by atoms with Gasteiger partial charge in [0.1, 0.15) is 5.82 Å². The van der Waals surface area contributed by atoms with E-state index in [0.717, 1.165) is 4.47 Å². The quantitative estimate of drug-likeness (QED) is 0.404. The lowest BCUT2D eigenvalue weighted by molar-refractivity contribution is -0.113. The first kappa shape index (κ1) is 21.6. The fraction of sp³-hybridized carbons (Fsp3) is 0.400. The molecule has 0 saturated carbocycles. The molecule has 0 bridgehead atoms. The molecule has 154 valence electrons. The Morgan fingerprint density at radius 2 is 2.00 bits per heavy atom. The summed E-state index contributed by atoms with van der Waals surface area (Å²) in [7, 11) is 0. The van der Waals surface area contributed by atoms with Gasteiger partial charge in [-0.3, -0.25) is 14.2 Å². The summed E-state index contributed by atoms with van der Waals surface area (Å²) in [6.07, 6.45) is 1.66. The molecule has 0 fully saturated rings. The third kappa shape index (κ3) is 5.08. The zero-order chi connectivity index (χ0) is 21.1. The normalized spacial score (nSPS) is 11.6. The van der Waals surface area contributed by atoms with Crippen LogP contribution in [0, 0.1) is 5.92 Å². The summed E-state index contributed by atoms with van der Waals surface area (Å²) in [6.45, 7) is 8.63. The topological polar surface area (TPSA) is 81.8 Å². The molecule has 2 aromatic heterocycles. The second-order valence-corrected chi connectivity index (χ2v) is 9.32. The first-order chi connectivity index (χ1) is 13.8. The number of aromatic nitrogens is 4. The highest BCUT2D eigenvalue weighted by atomic mass is 79.9. The zero-order valence-corrected chi connectivity index (χ0v) is 19.2. The van der Waals surface area contributed by atoms with Crippen LogP contribution in [-0.2, 0) is 11.3 Å². The Kier molecular flexibility index (Phi) is 6.79. The Morgan fingerprint density at radius 1 is 1.24 bits per heavy atom. The van der Waals surface area contributed by atoms with Crippen molar-refractivity contribution in [3.05, 3.63) is 45.3 Å². The number of hydrogen-bond acceptors (Lipinski definition) is 5. The van der Waals surface area contributed by atoms with E-state index in [9.17, 15) is 9.59 Å². The van der Waals surface area contributed by atoms with Crippen LogP contribution in [0.1, 0.15) is 33.7 Å². The van der Waals surface area contributed by atoms with Gasteiger partial charge in [0, 0.05) is 23.1 Å². The molecule has 7 nitrogen and oxygen atoms in total. The average Bonchev–Trinajstić information content (AvgIpc) is 3.11. The van der Waals surface area contributed by atoms with Crippen LogP contribution >= 0.6 is 27.7 Å². The minimum atomic E-state index is -0.168. The van der Waals surface area contributed by atoms with E-state index < -0.39 is 0 Å². The molecule has 1 aromatic carbocycles. The molecule has 0 radical (unpaired) electrons. The van der Waals surface area contributed by atoms with Gasteiger partial charge < -0.3 is 5.32 Å². The van der Waals surface area contributed by atoms with Gasteiger partial charge in [0.2, 0.25) is 5.91 Å². The first-order valence-electron chi connectivity index (χ1n) is 9.42. The van der Waals surface area contributed by atoms with Crippen molar-refractivity contribution in [1.29, 1.82) is 0 Å². The van der Waals surface area contributed by atoms with E-state index in [-0.39, 0.29) is 29.2 Å². The molecule has 0 aliphatic rings. The number of carbonyl (C=O) groups is 1. The van der Waals surface area contributed by atoms with Crippen molar-refractivity contribution in [1.82, 2.24) is 19.3 Å². The van der Waals surface area contributed by atoms with Gasteiger partial charge in [0.15, 0.2) is 5.16 Å². The molecular weight excluding hydrogens is 454 g/mol. The molecular formula is C20H24BrN5O2S. The Morgan fingerprint density at radius 3 is 2.69 bits per heavy atom. The van der Waals surface area contributed by atoms with E-state index in [0.29, 0.717) is 28.4 Å². The molecule has 1 N–H and O–H groups in total. The van der Waals surface area contributed by atoms with Gasteiger partial charge in [0.25, 0.3) is 5.56 Å². The molecule has 2 heterocycles. The molecule has 0 aliphatic heterocycles. The number of benzene rings is 1. The van der Waals surface area contributed by atoms with Crippen LogP contribution in [0.3, 0.4) is 0 Å². The van der Waals surface area contributed by atoms with Crippen LogP contribution in [0.5, 0.6) is 0 Å². The van der Waals surface area contributed by atoms with Crippen molar-refractivity contribution in [2.45, 2.75) is 45.4 Å². The Hall–Kier alpha value is -2.13. The van der Waals surface area contributed by atoms with Gasteiger partial charge in [-0.15, -0.1) is 0 Å². The maximum Gasteiger partial charge on any atom is 0.262 e. The Balaban J connectivity index is 1.85. The maximum absolute atomic E-state index is 13.0. The maximum atomic E-state index is 13.0. The number of halogens is 1. The molecule has 0 spiro atoms. The summed E-state index contributed by atoms with van der Waals surface area (Å²) in [5, 5.41) is 8.21.